The predicted molar refractivity (Wildman–Crippen MR) is 67.4 cm³/mol. The van der Waals surface area contributed by atoms with Gasteiger partial charge in [0.25, 0.3) is 0 Å². The summed E-state index contributed by atoms with van der Waals surface area (Å²) < 4.78 is 3.71. The van der Waals surface area contributed by atoms with Crippen molar-refractivity contribution in [2.75, 3.05) is 6.54 Å². The van der Waals surface area contributed by atoms with E-state index in [-0.39, 0.29) is 0 Å². The van der Waals surface area contributed by atoms with Crippen molar-refractivity contribution in [2.45, 2.75) is 19.9 Å². The van der Waals surface area contributed by atoms with Crippen molar-refractivity contribution in [3.63, 3.8) is 0 Å². The molecule has 0 aliphatic heterocycles. The molecule has 0 bridgehead atoms. The van der Waals surface area contributed by atoms with Gasteiger partial charge in [0.15, 0.2) is 0 Å². The number of hydrogen-bond acceptors (Lipinski definition) is 3. The van der Waals surface area contributed by atoms with Crippen LogP contribution in [0.3, 0.4) is 0 Å². The molecule has 2 heterocycles. The average Bonchev–Trinajstić information content (AvgIpc) is 2.85. The van der Waals surface area contributed by atoms with Crippen LogP contribution in [-0.2, 0) is 20.6 Å². The molecule has 5 nitrogen and oxygen atoms in total. The van der Waals surface area contributed by atoms with Crippen molar-refractivity contribution in [2.24, 2.45) is 14.1 Å². The Morgan fingerprint density at radius 1 is 1.35 bits per heavy atom. The molecule has 2 aromatic rings. The summed E-state index contributed by atoms with van der Waals surface area (Å²) in [5, 5.41) is 12.1. The molecule has 92 valence electrons. The van der Waals surface area contributed by atoms with Gasteiger partial charge in [0.2, 0.25) is 0 Å². The second-order valence-corrected chi connectivity index (χ2v) is 4.19. The van der Waals surface area contributed by atoms with E-state index >= 15 is 0 Å². The van der Waals surface area contributed by atoms with E-state index in [1.807, 2.05) is 29.5 Å². The fraction of sp³-hybridized carbons (Fsp3) is 0.500. The van der Waals surface area contributed by atoms with E-state index in [1.165, 1.54) is 5.56 Å². The fourth-order valence-electron chi connectivity index (χ4n) is 1.89. The van der Waals surface area contributed by atoms with Gasteiger partial charge < -0.3 is 5.32 Å². The molecule has 0 saturated carbocycles. The van der Waals surface area contributed by atoms with Gasteiger partial charge in [-0.05, 0) is 19.0 Å². The van der Waals surface area contributed by atoms with Crippen molar-refractivity contribution < 1.29 is 0 Å². The van der Waals surface area contributed by atoms with Gasteiger partial charge in [-0.2, -0.15) is 10.2 Å². The Kier molecular flexibility index (Phi) is 3.58. The second-order valence-electron chi connectivity index (χ2n) is 4.19. The molecule has 0 unspecified atom stereocenters. The van der Waals surface area contributed by atoms with Crippen LogP contribution in [-0.4, -0.2) is 26.1 Å². The lowest BCUT2D eigenvalue weighted by Crippen LogP contribution is -2.14. The van der Waals surface area contributed by atoms with Crippen molar-refractivity contribution in [1.82, 2.24) is 24.9 Å². The first-order chi connectivity index (χ1) is 8.22. The predicted octanol–water partition coefficient (Wildman–Crippen LogP) is 1.32. The lowest BCUT2D eigenvalue weighted by atomic mass is 10.2. The molecule has 0 amide bonds. The summed E-state index contributed by atoms with van der Waals surface area (Å²) in [5.41, 5.74) is 3.28. The third-order valence-corrected chi connectivity index (χ3v) is 2.71. The number of hydrogen-bond donors (Lipinski definition) is 1. The van der Waals surface area contributed by atoms with E-state index in [4.69, 9.17) is 0 Å². The Morgan fingerprint density at radius 2 is 2.18 bits per heavy atom. The van der Waals surface area contributed by atoms with Crippen molar-refractivity contribution in [3.8, 4) is 11.4 Å². The summed E-state index contributed by atoms with van der Waals surface area (Å²) in [6.07, 6.45) is 5.00. The van der Waals surface area contributed by atoms with Gasteiger partial charge in [-0.3, -0.25) is 9.36 Å². The topological polar surface area (TPSA) is 47.7 Å². The summed E-state index contributed by atoms with van der Waals surface area (Å²) in [7, 11) is 3.89. The van der Waals surface area contributed by atoms with Gasteiger partial charge in [-0.25, -0.2) is 0 Å². The van der Waals surface area contributed by atoms with Crippen molar-refractivity contribution in [1.29, 1.82) is 0 Å². The molecular weight excluding hydrogens is 214 g/mol. The minimum atomic E-state index is 0.849. The van der Waals surface area contributed by atoms with Crippen LogP contribution >= 0.6 is 0 Å². The monoisotopic (exact) mass is 233 g/mol. The van der Waals surface area contributed by atoms with E-state index < -0.39 is 0 Å². The highest BCUT2D eigenvalue weighted by Crippen LogP contribution is 2.20. The van der Waals surface area contributed by atoms with Gasteiger partial charge in [-0.1, -0.05) is 6.92 Å². The SMILES string of the molecule is CCCNCc1cn(C)nc1-c1ccnn1C. The highest BCUT2D eigenvalue weighted by atomic mass is 15.3. The summed E-state index contributed by atoms with van der Waals surface area (Å²) >= 11 is 0. The van der Waals surface area contributed by atoms with Gasteiger partial charge >= 0.3 is 0 Å². The zero-order valence-electron chi connectivity index (χ0n) is 10.6. The van der Waals surface area contributed by atoms with Crippen LogP contribution in [0.1, 0.15) is 18.9 Å². The molecule has 1 N–H and O–H groups in total. The van der Waals surface area contributed by atoms with E-state index in [0.717, 1.165) is 30.9 Å². The first-order valence-electron chi connectivity index (χ1n) is 5.94. The molecule has 0 aromatic carbocycles. The first-order valence-corrected chi connectivity index (χ1v) is 5.94. The minimum absolute atomic E-state index is 0.849. The Hall–Kier alpha value is -1.62. The molecule has 0 saturated heterocycles. The number of aryl methyl sites for hydroxylation is 2. The van der Waals surface area contributed by atoms with Crippen LogP contribution in [0.4, 0.5) is 0 Å². The second kappa shape index (κ2) is 5.14. The fourth-order valence-corrected chi connectivity index (χ4v) is 1.89. The highest BCUT2D eigenvalue weighted by molar-refractivity contribution is 5.58. The average molecular weight is 233 g/mol. The number of aromatic nitrogens is 4. The maximum absolute atomic E-state index is 4.51. The maximum Gasteiger partial charge on any atom is 0.115 e. The van der Waals surface area contributed by atoms with Crippen LogP contribution < -0.4 is 5.32 Å². The van der Waals surface area contributed by atoms with Gasteiger partial charge in [0.1, 0.15) is 5.69 Å². The molecular formula is C12H19N5. The van der Waals surface area contributed by atoms with E-state index in [0.29, 0.717) is 0 Å². The Balaban J connectivity index is 2.25. The lowest BCUT2D eigenvalue weighted by molar-refractivity contribution is 0.674. The van der Waals surface area contributed by atoms with Crippen molar-refractivity contribution >= 4 is 0 Å². The molecule has 0 radical (unpaired) electrons. The molecule has 5 heteroatoms. The van der Waals surface area contributed by atoms with Crippen molar-refractivity contribution in [3.05, 3.63) is 24.0 Å². The molecule has 2 rings (SSSR count). The third kappa shape index (κ3) is 2.55. The summed E-state index contributed by atoms with van der Waals surface area (Å²) in [4.78, 5) is 0. The standard InChI is InChI=1S/C12H19N5/c1-4-6-13-8-10-9-16(2)15-12(10)11-5-7-14-17(11)3/h5,7,9,13H,4,6,8H2,1-3H3. The zero-order chi connectivity index (χ0) is 12.3. The van der Waals surface area contributed by atoms with Gasteiger partial charge in [0.05, 0.1) is 5.69 Å². The van der Waals surface area contributed by atoms with Gasteiger partial charge in [-0.15, -0.1) is 0 Å². The maximum atomic E-state index is 4.51. The smallest absolute Gasteiger partial charge is 0.115 e. The highest BCUT2D eigenvalue weighted by Gasteiger charge is 2.12. The Bertz CT molecular complexity index is 483. The zero-order valence-corrected chi connectivity index (χ0v) is 10.6. The van der Waals surface area contributed by atoms with Crippen LogP contribution in [0.15, 0.2) is 18.5 Å². The van der Waals surface area contributed by atoms with Crippen LogP contribution in [0.5, 0.6) is 0 Å². The molecule has 0 fully saturated rings. The third-order valence-electron chi connectivity index (χ3n) is 2.71. The van der Waals surface area contributed by atoms with E-state index in [2.05, 4.69) is 28.6 Å². The number of nitrogens with zero attached hydrogens (tertiary/aromatic N) is 4. The molecule has 17 heavy (non-hydrogen) atoms. The quantitative estimate of drug-likeness (QED) is 0.792. The van der Waals surface area contributed by atoms with E-state index in [1.54, 1.807) is 6.20 Å². The van der Waals surface area contributed by atoms with Crippen LogP contribution in [0.2, 0.25) is 0 Å². The minimum Gasteiger partial charge on any atom is -0.313 e. The van der Waals surface area contributed by atoms with Crippen LogP contribution in [0, 0.1) is 0 Å². The lowest BCUT2D eigenvalue weighted by Gasteiger charge is -2.04. The molecule has 0 aliphatic carbocycles. The summed E-state index contributed by atoms with van der Waals surface area (Å²) in [6, 6.07) is 1.99. The molecule has 0 spiro atoms. The first kappa shape index (κ1) is 11.9. The molecule has 2 aromatic heterocycles. The Labute approximate surface area is 101 Å². The van der Waals surface area contributed by atoms with Gasteiger partial charge in [0, 0.05) is 38.6 Å². The molecule has 0 aliphatic rings. The van der Waals surface area contributed by atoms with Crippen LogP contribution in [0.25, 0.3) is 11.4 Å². The summed E-state index contributed by atoms with van der Waals surface area (Å²) in [6.45, 7) is 4.04. The summed E-state index contributed by atoms with van der Waals surface area (Å²) in [5.74, 6) is 0. The number of rotatable bonds is 5. The normalized spacial score (nSPS) is 11.0. The Morgan fingerprint density at radius 3 is 2.82 bits per heavy atom. The number of nitrogens with one attached hydrogen (secondary N) is 1. The van der Waals surface area contributed by atoms with E-state index in [9.17, 15) is 0 Å². The molecule has 0 atom stereocenters. The largest absolute Gasteiger partial charge is 0.313 e.